The number of nitrogens with one attached hydrogen (secondary N) is 2. The van der Waals surface area contributed by atoms with Gasteiger partial charge in [-0.3, -0.25) is 0 Å². The van der Waals surface area contributed by atoms with Gasteiger partial charge < -0.3 is 19.7 Å². The van der Waals surface area contributed by atoms with Gasteiger partial charge in [0.2, 0.25) is 0 Å². The van der Waals surface area contributed by atoms with Crippen LogP contribution in [0.4, 0.5) is 4.39 Å². The zero-order valence-corrected chi connectivity index (χ0v) is 14.0. The standard InChI is InChI=1S/C15H15FN6O2S/c1-24-15(25)19-14(12-5-18-21-20-12)9-2-3-13(11(16)4-9)22-6-10(7-23)17-8-22/h2-6,8,14,23H,7H2,1H3,(H,19,25)(H,18,20,21). The minimum Gasteiger partial charge on any atom is -0.474 e. The molecule has 0 aliphatic rings. The molecule has 0 saturated heterocycles. The second-order valence-corrected chi connectivity index (χ2v) is 5.48. The fraction of sp³-hybridized carbons (Fsp3) is 0.200. The van der Waals surface area contributed by atoms with E-state index in [9.17, 15) is 4.39 Å². The molecular weight excluding hydrogens is 347 g/mol. The minimum absolute atomic E-state index is 0.152. The second-order valence-electron chi connectivity index (χ2n) is 5.11. The number of thiocarbonyl (C=S) groups is 1. The number of rotatable bonds is 5. The Labute approximate surface area is 147 Å². The number of hydrogen-bond acceptors (Lipinski definition) is 6. The van der Waals surface area contributed by atoms with Crippen LogP contribution >= 0.6 is 12.2 Å². The molecule has 2 heterocycles. The summed E-state index contributed by atoms with van der Waals surface area (Å²) in [6.45, 7) is -0.209. The molecule has 3 rings (SSSR count). The summed E-state index contributed by atoms with van der Waals surface area (Å²) in [6, 6.07) is 4.20. The van der Waals surface area contributed by atoms with Crippen molar-refractivity contribution in [1.82, 2.24) is 30.3 Å². The third kappa shape index (κ3) is 3.64. The van der Waals surface area contributed by atoms with E-state index in [1.165, 1.54) is 30.3 Å². The van der Waals surface area contributed by atoms with Gasteiger partial charge in [-0.05, 0) is 29.9 Å². The smallest absolute Gasteiger partial charge is 0.257 e. The van der Waals surface area contributed by atoms with Crippen molar-refractivity contribution in [2.24, 2.45) is 0 Å². The fourth-order valence-electron chi connectivity index (χ4n) is 2.34. The Hall–Kier alpha value is -2.85. The van der Waals surface area contributed by atoms with Crippen LogP contribution in [0.1, 0.15) is 23.0 Å². The molecule has 1 unspecified atom stereocenters. The lowest BCUT2D eigenvalue weighted by molar-refractivity contribution is 0.277. The van der Waals surface area contributed by atoms with Crippen LogP contribution in [0.25, 0.3) is 5.69 Å². The zero-order chi connectivity index (χ0) is 17.8. The molecule has 0 saturated carbocycles. The quantitative estimate of drug-likeness (QED) is 0.587. The van der Waals surface area contributed by atoms with Gasteiger partial charge in [0.05, 0.1) is 37.6 Å². The molecule has 0 fully saturated rings. The highest BCUT2D eigenvalue weighted by molar-refractivity contribution is 7.80. The largest absolute Gasteiger partial charge is 0.474 e. The summed E-state index contributed by atoms with van der Waals surface area (Å²) in [7, 11) is 1.44. The van der Waals surface area contributed by atoms with Gasteiger partial charge in [-0.25, -0.2) is 9.37 Å². The average Bonchev–Trinajstić information content (AvgIpc) is 3.30. The normalized spacial score (nSPS) is 12.0. The predicted octanol–water partition coefficient (Wildman–Crippen LogP) is 1.23. The first kappa shape index (κ1) is 17.0. The summed E-state index contributed by atoms with van der Waals surface area (Å²) < 4.78 is 21.1. The Balaban J connectivity index is 1.95. The SMILES string of the molecule is COC(=S)NC(c1ccc(-n2cnc(CO)c2)c(F)c1)c1cn[nH]n1. The number of aliphatic hydroxyl groups excluding tert-OH is 1. The first-order chi connectivity index (χ1) is 12.1. The lowest BCUT2D eigenvalue weighted by atomic mass is 10.0. The van der Waals surface area contributed by atoms with Gasteiger partial charge in [0, 0.05) is 6.20 Å². The van der Waals surface area contributed by atoms with Crippen LogP contribution in [0.5, 0.6) is 0 Å². The lowest BCUT2D eigenvalue weighted by Gasteiger charge is -2.18. The van der Waals surface area contributed by atoms with Crippen LogP contribution in [-0.2, 0) is 11.3 Å². The molecule has 0 bridgehead atoms. The molecule has 0 aliphatic heterocycles. The number of methoxy groups -OCH3 is 1. The van der Waals surface area contributed by atoms with E-state index in [2.05, 4.69) is 25.7 Å². The van der Waals surface area contributed by atoms with E-state index in [1.54, 1.807) is 18.3 Å². The molecule has 0 radical (unpaired) electrons. The van der Waals surface area contributed by atoms with Crippen molar-refractivity contribution in [1.29, 1.82) is 0 Å². The van der Waals surface area contributed by atoms with Crippen molar-refractivity contribution in [3.8, 4) is 5.69 Å². The average molecular weight is 362 g/mol. The van der Waals surface area contributed by atoms with Gasteiger partial charge in [0.1, 0.15) is 17.6 Å². The van der Waals surface area contributed by atoms with Gasteiger partial charge in [-0.15, -0.1) is 0 Å². The number of halogens is 1. The first-order valence-electron chi connectivity index (χ1n) is 7.26. The van der Waals surface area contributed by atoms with Gasteiger partial charge in [0.25, 0.3) is 5.17 Å². The summed E-state index contributed by atoms with van der Waals surface area (Å²) in [4.78, 5) is 3.98. The summed E-state index contributed by atoms with van der Waals surface area (Å²) in [5.41, 5.74) is 1.90. The summed E-state index contributed by atoms with van der Waals surface area (Å²) in [5.74, 6) is -0.460. The Morgan fingerprint density at radius 3 is 2.96 bits per heavy atom. The van der Waals surface area contributed by atoms with Crippen molar-refractivity contribution in [3.63, 3.8) is 0 Å². The third-order valence-corrected chi connectivity index (χ3v) is 3.84. The Bertz CT molecular complexity index is 867. The number of ether oxygens (including phenoxy) is 1. The Morgan fingerprint density at radius 1 is 1.52 bits per heavy atom. The molecule has 130 valence electrons. The van der Waals surface area contributed by atoms with E-state index < -0.39 is 11.9 Å². The number of aromatic nitrogens is 5. The molecule has 2 aromatic heterocycles. The van der Waals surface area contributed by atoms with E-state index in [0.717, 1.165) is 0 Å². The van der Waals surface area contributed by atoms with Crippen molar-refractivity contribution in [3.05, 3.63) is 59.7 Å². The zero-order valence-electron chi connectivity index (χ0n) is 13.2. The van der Waals surface area contributed by atoms with E-state index in [1.807, 2.05) is 0 Å². The molecular formula is C15H15FN6O2S. The van der Waals surface area contributed by atoms with Crippen molar-refractivity contribution < 1.29 is 14.2 Å². The van der Waals surface area contributed by atoms with Crippen molar-refractivity contribution in [2.75, 3.05) is 7.11 Å². The highest BCUT2D eigenvalue weighted by Gasteiger charge is 2.20. The molecule has 1 aromatic carbocycles. The number of aromatic amines is 1. The summed E-state index contributed by atoms with van der Waals surface area (Å²) in [5, 5.41) is 22.5. The van der Waals surface area contributed by atoms with Crippen LogP contribution in [0, 0.1) is 5.82 Å². The highest BCUT2D eigenvalue weighted by Crippen LogP contribution is 2.24. The molecule has 0 amide bonds. The number of benzene rings is 1. The van der Waals surface area contributed by atoms with Crippen LogP contribution in [0.2, 0.25) is 0 Å². The van der Waals surface area contributed by atoms with Crippen LogP contribution in [0.15, 0.2) is 36.9 Å². The van der Waals surface area contributed by atoms with E-state index in [0.29, 0.717) is 22.6 Å². The number of hydrogen-bond donors (Lipinski definition) is 3. The van der Waals surface area contributed by atoms with Crippen molar-refractivity contribution in [2.45, 2.75) is 12.6 Å². The van der Waals surface area contributed by atoms with E-state index in [-0.39, 0.29) is 11.8 Å². The number of H-pyrrole nitrogens is 1. The molecule has 25 heavy (non-hydrogen) atoms. The molecule has 0 aliphatic carbocycles. The van der Waals surface area contributed by atoms with Gasteiger partial charge in [-0.2, -0.15) is 15.4 Å². The topological polar surface area (TPSA) is 101 Å². The number of nitrogens with zero attached hydrogens (tertiary/aromatic N) is 4. The van der Waals surface area contributed by atoms with Crippen LogP contribution < -0.4 is 5.32 Å². The maximum atomic E-state index is 14.6. The maximum absolute atomic E-state index is 14.6. The second kappa shape index (κ2) is 7.36. The highest BCUT2D eigenvalue weighted by atomic mass is 32.1. The van der Waals surface area contributed by atoms with Gasteiger partial charge in [-0.1, -0.05) is 6.07 Å². The molecule has 10 heteroatoms. The molecule has 3 aromatic rings. The van der Waals surface area contributed by atoms with E-state index >= 15 is 0 Å². The molecule has 0 spiro atoms. The monoisotopic (exact) mass is 362 g/mol. The Morgan fingerprint density at radius 2 is 2.36 bits per heavy atom. The molecule has 3 N–H and O–H groups in total. The molecule has 8 nitrogen and oxygen atoms in total. The summed E-state index contributed by atoms with van der Waals surface area (Å²) in [6.07, 6.45) is 4.52. The third-order valence-electron chi connectivity index (χ3n) is 3.56. The van der Waals surface area contributed by atoms with E-state index in [4.69, 9.17) is 22.1 Å². The van der Waals surface area contributed by atoms with Crippen LogP contribution in [0.3, 0.4) is 0 Å². The van der Waals surface area contributed by atoms with Crippen molar-refractivity contribution >= 4 is 17.4 Å². The maximum Gasteiger partial charge on any atom is 0.257 e. The number of imidazole rings is 1. The summed E-state index contributed by atoms with van der Waals surface area (Å²) >= 11 is 5.04. The first-order valence-corrected chi connectivity index (χ1v) is 7.67. The minimum atomic E-state index is -0.523. The lowest BCUT2D eigenvalue weighted by Crippen LogP contribution is -2.29. The molecule has 1 atom stereocenters. The fourth-order valence-corrected chi connectivity index (χ4v) is 2.46. The number of aliphatic hydroxyl groups is 1. The Kier molecular flexibility index (Phi) is 5.00. The van der Waals surface area contributed by atoms with Gasteiger partial charge >= 0.3 is 0 Å². The predicted molar refractivity (Wildman–Crippen MR) is 90.4 cm³/mol. The van der Waals surface area contributed by atoms with Gasteiger partial charge in [0.15, 0.2) is 0 Å². The van der Waals surface area contributed by atoms with Crippen LogP contribution in [-0.4, -0.2) is 42.4 Å².